The summed E-state index contributed by atoms with van der Waals surface area (Å²) in [7, 11) is 5.82. The van der Waals surface area contributed by atoms with Crippen molar-refractivity contribution < 1.29 is 54.4 Å². The number of aromatic hydroxyl groups is 1. The molecule has 13 nitrogen and oxygen atoms in total. The third-order valence-electron chi connectivity index (χ3n) is 29.5. The van der Waals surface area contributed by atoms with Crippen LogP contribution in [-0.2, 0) is 31.1 Å². The standard InChI is InChI=1S/C72H82N2O11S2/c1-73-54-35-87-86-34-49-44-12-8-40-26-42-17-20-68(70(42,57(40)44)50-13-11-43(77)28-46(49)50)60(78)48(54)29-47-51-31-69(66-18-4-7-41(66)10-15-55-65(19-16-36(30-65)32-75)21-22-67(55,69)24-23-66)64(80)72(82)71(51,81)62(84-61(47)68)59(85-72)63(79)83-58-53(33-76)74-52-14-9-39-25-37-5-2-3-6-38(37)27-45(39)56(52)58/h2-3,5-6,9-11,13-15,25,27-28,32,36,40-42,44,47-49,51,54-55,57,59-62,64,73-74,76-78,80-82H,4,7-8,12,16-24,26,29-31,33-35H2,1H3/t36-,40-,41-,42+,44+,47+,48-,49+,51-,54+,55+,57+,59-,60-,61-,62+,64+,65+,66-,67+,68+,69-,70+,71-,72+/m1/s1. The molecule has 458 valence electrons. The fourth-order valence-electron chi connectivity index (χ4n) is 27.0. The lowest BCUT2D eigenvalue weighted by atomic mass is 9.36. The van der Waals surface area contributed by atoms with Crippen molar-refractivity contribution in [1.82, 2.24) is 10.3 Å². The second kappa shape index (κ2) is 18.2. The molecule has 15 aliphatic rings. The van der Waals surface area contributed by atoms with Crippen molar-refractivity contribution >= 4 is 66.3 Å². The summed E-state index contributed by atoms with van der Waals surface area (Å²) in [5.41, 5.74) is -2.72. The Kier molecular flexibility index (Phi) is 11.4. The average molecular weight is 1220 g/mol. The number of phenols is 1. The van der Waals surface area contributed by atoms with Crippen molar-refractivity contribution in [2.24, 2.45) is 86.3 Å². The first-order valence-corrected chi connectivity index (χ1v) is 36.0. The van der Waals surface area contributed by atoms with Crippen LogP contribution in [0.2, 0.25) is 0 Å². The number of benzene rings is 4. The molecule has 0 radical (unpaired) electrons. The summed E-state index contributed by atoms with van der Waals surface area (Å²) in [6, 6.07) is 22.3. The molecule has 4 aromatic carbocycles. The molecule has 6 bridgehead atoms. The number of aromatic nitrogens is 1. The van der Waals surface area contributed by atoms with Gasteiger partial charge in [-0.25, -0.2) is 4.79 Å². The molecule has 11 aliphatic carbocycles. The minimum atomic E-state index is -2.73. The first kappa shape index (κ1) is 54.7. The van der Waals surface area contributed by atoms with E-state index in [1.54, 1.807) is 0 Å². The number of ether oxygens (including phenoxy) is 3. The molecule has 5 heterocycles. The Labute approximate surface area is 515 Å². The number of aldehydes is 1. The smallest absolute Gasteiger partial charge is 0.343 e. The Balaban J connectivity index is 0.849. The summed E-state index contributed by atoms with van der Waals surface area (Å²) in [6.45, 7) is -0.479. The maximum Gasteiger partial charge on any atom is 0.343 e. The molecule has 4 aliphatic heterocycles. The van der Waals surface area contributed by atoms with Gasteiger partial charge in [-0.1, -0.05) is 76.6 Å². The van der Waals surface area contributed by atoms with Gasteiger partial charge >= 0.3 is 5.97 Å². The number of hydrogen-bond donors (Lipinski definition) is 8. The van der Waals surface area contributed by atoms with Crippen LogP contribution in [0.25, 0.3) is 32.4 Å². The third kappa shape index (κ3) is 6.16. The Hall–Kier alpha value is -4.00. The van der Waals surface area contributed by atoms with Crippen molar-refractivity contribution in [1.29, 1.82) is 0 Å². The van der Waals surface area contributed by atoms with Crippen LogP contribution in [0.4, 0.5) is 0 Å². The monoisotopic (exact) mass is 1210 g/mol. The lowest BCUT2D eigenvalue weighted by molar-refractivity contribution is -0.411. The van der Waals surface area contributed by atoms with Crippen LogP contribution in [0.3, 0.4) is 0 Å². The van der Waals surface area contributed by atoms with Crippen LogP contribution >= 0.6 is 21.6 Å². The second-order valence-corrected chi connectivity index (χ2v) is 33.6. The number of H-pyrrole nitrogens is 1. The zero-order chi connectivity index (χ0) is 58.7. The maximum absolute atomic E-state index is 16.3. The van der Waals surface area contributed by atoms with Gasteiger partial charge in [0.15, 0.2) is 17.5 Å². The van der Waals surface area contributed by atoms with Gasteiger partial charge in [0.05, 0.1) is 35.4 Å². The van der Waals surface area contributed by atoms with E-state index in [0.717, 1.165) is 123 Å². The first-order chi connectivity index (χ1) is 42.2. The summed E-state index contributed by atoms with van der Waals surface area (Å²) in [5, 5.41) is 89.9. The van der Waals surface area contributed by atoms with E-state index in [1.165, 1.54) is 17.4 Å². The molecule has 25 atom stereocenters. The number of nitrogens with one attached hydrogen (secondary N) is 2. The molecule has 20 rings (SSSR count). The summed E-state index contributed by atoms with van der Waals surface area (Å²) in [5.74, 6) is -1.66. The number of carbonyl (C=O) groups is 2. The number of aromatic amines is 1. The predicted octanol–water partition coefficient (Wildman–Crippen LogP) is 10.5. The number of hydrogen-bond acceptors (Lipinski definition) is 14. The highest BCUT2D eigenvalue weighted by atomic mass is 33.1. The fourth-order valence-corrected chi connectivity index (χ4v) is 29.8. The van der Waals surface area contributed by atoms with Gasteiger partial charge in [0.1, 0.15) is 24.2 Å². The van der Waals surface area contributed by atoms with E-state index >= 15 is 4.79 Å². The molecule has 5 aromatic rings. The number of carbonyl (C=O) groups excluding carboxylic acids is 2. The number of fused-ring (bicyclic) bond motifs is 11. The second-order valence-electron chi connectivity index (χ2n) is 31.1. The van der Waals surface area contributed by atoms with Crippen LogP contribution in [0.5, 0.6) is 11.5 Å². The molecule has 0 unspecified atom stereocenters. The predicted molar refractivity (Wildman–Crippen MR) is 331 cm³/mol. The zero-order valence-electron chi connectivity index (χ0n) is 49.6. The molecule has 3 saturated heterocycles. The SMILES string of the molecule is CN[C@H]1CSSC[C@@H]2c3cc(O)ccc3[C@]34[C@@H](CC[C@@]35[C@H](O)[C@@H]1C[C@H]1[C@H]3C[C@@]6([C@H](O)[C@]7(O)O[C@@H](C(=O)Oc8c(CO)[nH]c9ccc%10cc%11ccccc%11cc%10c89)[C@H](O[C@H]15)[C@]37O)[C@@]13CCC[C@@H]1C=C[C@H]1[C@@]5(CC[C@@H](C=O)C5)CC[C@]16CC3)C[C@H]1CC[C@@H]2[C@H]14. The Morgan fingerprint density at radius 3 is 2.48 bits per heavy atom. The minimum absolute atomic E-state index is 0.0111. The van der Waals surface area contributed by atoms with Crippen molar-refractivity contribution in [3.05, 3.63) is 95.7 Å². The highest BCUT2D eigenvalue weighted by Crippen LogP contribution is 2.88. The van der Waals surface area contributed by atoms with Crippen LogP contribution < -0.4 is 10.1 Å². The van der Waals surface area contributed by atoms with E-state index in [1.807, 2.05) is 65.0 Å². The zero-order valence-corrected chi connectivity index (χ0v) is 51.2. The highest BCUT2D eigenvalue weighted by Gasteiger charge is 2.91. The molecular weight excluding hydrogens is 1130 g/mol. The van der Waals surface area contributed by atoms with Gasteiger partial charge in [-0.15, -0.1) is 0 Å². The number of phenolic OH excluding ortho intramolecular Hbond substituents is 1. The van der Waals surface area contributed by atoms with E-state index in [0.29, 0.717) is 42.0 Å². The van der Waals surface area contributed by atoms with Crippen LogP contribution in [0, 0.1) is 86.3 Å². The molecule has 9 saturated carbocycles. The maximum atomic E-state index is 16.3. The van der Waals surface area contributed by atoms with Crippen LogP contribution in [0.1, 0.15) is 132 Å². The van der Waals surface area contributed by atoms with E-state index in [9.17, 15) is 35.4 Å². The van der Waals surface area contributed by atoms with E-state index in [2.05, 4.69) is 52.8 Å². The third-order valence-corrected chi connectivity index (χ3v) is 32.0. The molecule has 15 heteroatoms. The normalized spacial score (nSPS) is 49.8. The average Bonchev–Trinajstić information content (AvgIpc) is 1.49. The van der Waals surface area contributed by atoms with Gasteiger partial charge in [-0.3, -0.25) is 0 Å². The molecule has 87 heavy (non-hydrogen) atoms. The van der Waals surface area contributed by atoms with Gasteiger partial charge in [-0.2, -0.15) is 0 Å². The first-order valence-electron chi connectivity index (χ1n) is 33.5. The van der Waals surface area contributed by atoms with Crippen molar-refractivity contribution in [2.75, 3.05) is 18.6 Å². The summed E-state index contributed by atoms with van der Waals surface area (Å²) in [4.78, 5) is 32.5. The van der Waals surface area contributed by atoms with Gasteiger partial charge in [0.2, 0.25) is 5.79 Å². The lowest BCUT2D eigenvalue weighted by Gasteiger charge is -2.72. The van der Waals surface area contributed by atoms with E-state index < -0.39 is 93.4 Å². The molecule has 1 aromatic heterocycles. The topological polar surface area (TPSA) is 211 Å². The lowest BCUT2D eigenvalue weighted by Crippen LogP contribution is -2.83. The molecule has 12 fully saturated rings. The molecular formula is C72H82N2O11S2. The van der Waals surface area contributed by atoms with E-state index in [4.69, 9.17) is 14.2 Å². The Morgan fingerprint density at radius 1 is 0.828 bits per heavy atom. The van der Waals surface area contributed by atoms with Crippen LogP contribution in [-0.4, -0.2) is 114 Å². The van der Waals surface area contributed by atoms with Gasteiger partial charge in [-0.05, 0) is 236 Å². The van der Waals surface area contributed by atoms with Crippen molar-refractivity contribution in [3.63, 3.8) is 0 Å². The number of allylic oxidation sites excluding steroid dienone is 2. The largest absolute Gasteiger partial charge is 0.508 e. The highest BCUT2D eigenvalue weighted by molar-refractivity contribution is 8.76. The molecule has 6 spiro atoms. The summed E-state index contributed by atoms with van der Waals surface area (Å²) < 4.78 is 22.2. The van der Waals surface area contributed by atoms with Crippen molar-refractivity contribution in [3.8, 4) is 11.5 Å². The van der Waals surface area contributed by atoms with E-state index in [-0.39, 0.29) is 70.1 Å². The van der Waals surface area contributed by atoms with Gasteiger partial charge in [0.25, 0.3) is 0 Å². The fraction of sp³-hybridized carbons (Fsp3) is 0.639. The minimum Gasteiger partial charge on any atom is -0.508 e. The number of rotatable bonds is 5. The summed E-state index contributed by atoms with van der Waals surface area (Å²) >= 11 is 0. The van der Waals surface area contributed by atoms with Crippen molar-refractivity contribution in [2.45, 2.75) is 175 Å². The van der Waals surface area contributed by atoms with Gasteiger partial charge in [0, 0.05) is 51.5 Å². The summed E-state index contributed by atoms with van der Waals surface area (Å²) in [6.07, 6.45) is 14.0. The quantitative estimate of drug-likeness (QED) is 0.0271. The number of aliphatic hydroxyl groups excluding tert-OH is 3. The molecule has 0 amide bonds. The Bertz CT molecular complexity index is 3820. The number of esters is 1. The molecule has 8 N–H and O–H groups in total. The Morgan fingerprint density at radius 2 is 1.66 bits per heavy atom. The number of aliphatic hydroxyl groups is 5. The van der Waals surface area contributed by atoms with Gasteiger partial charge < -0.3 is 59.9 Å². The van der Waals surface area contributed by atoms with Crippen LogP contribution in [0.15, 0.2) is 78.9 Å².